The van der Waals surface area contributed by atoms with Crippen LogP contribution in [0.15, 0.2) is 47.3 Å². The molecule has 8 nitrogen and oxygen atoms in total. The molecule has 8 heteroatoms. The molecule has 0 aliphatic heterocycles. The van der Waals surface area contributed by atoms with E-state index in [1.54, 1.807) is 37.4 Å². The molecule has 3 rings (SSSR count). The summed E-state index contributed by atoms with van der Waals surface area (Å²) in [5.41, 5.74) is 0.776. The zero-order valence-electron chi connectivity index (χ0n) is 13.0. The average molecular weight is 326 g/mol. The minimum absolute atomic E-state index is 0.0440. The number of amides is 1. The van der Waals surface area contributed by atoms with Crippen LogP contribution in [0.1, 0.15) is 10.4 Å². The van der Waals surface area contributed by atoms with Crippen LogP contribution in [-0.2, 0) is 14.1 Å². The van der Waals surface area contributed by atoms with Gasteiger partial charge in [-0.25, -0.2) is 4.79 Å². The third-order valence-electron chi connectivity index (χ3n) is 3.87. The van der Waals surface area contributed by atoms with Crippen molar-refractivity contribution in [3.05, 3.63) is 68.6 Å². The molecule has 3 aromatic rings. The molecule has 1 heterocycles. The van der Waals surface area contributed by atoms with Gasteiger partial charge < -0.3 is 5.32 Å². The highest BCUT2D eigenvalue weighted by molar-refractivity contribution is 6.06. The Morgan fingerprint density at radius 2 is 1.67 bits per heavy atom. The number of hydrogen-bond acceptors (Lipinski definition) is 4. The molecule has 0 spiro atoms. The molecule has 0 atom stereocenters. The van der Waals surface area contributed by atoms with E-state index in [2.05, 4.69) is 5.32 Å². The zero-order chi connectivity index (χ0) is 17.4. The van der Waals surface area contributed by atoms with Crippen LogP contribution in [-0.4, -0.2) is 20.0 Å². The van der Waals surface area contributed by atoms with Crippen LogP contribution in [0.3, 0.4) is 0 Å². The molecular formula is C16H14N4O4. The maximum absolute atomic E-state index is 12.3. The first-order valence-corrected chi connectivity index (χ1v) is 7.10. The van der Waals surface area contributed by atoms with E-state index in [1.165, 1.54) is 28.3 Å². The van der Waals surface area contributed by atoms with Gasteiger partial charge in [-0.05, 0) is 18.2 Å². The first kappa shape index (κ1) is 15.5. The Balaban J connectivity index is 2.14. The normalized spacial score (nSPS) is 10.8. The molecule has 0 unspecified atom stereocenters. The summed E-state index contributed by atoms with van der Waals surface area (Å²) in [6, 6.07) is 11.1. The number of hydrogen-bond donors (Lipinski definition) is 1. The van der Waals surface area contributed by atoms with Gasteiger partial charge in [-0.3, -0.25) is 24.0 Å². The largest absolute Gasteiger partial charge is 0.328 e. The number of aromatic nitrogens is 2. The Bertz CT molecular complexity index is 1020. The van der Waals surface area contributed by atoms with Crippen molar-refractivity contribution >= 4 is 28.3 Å². The Morgan fingerprint density at radius 1 is 1.08 bits per heavy atom. The summed E-state index contributed by atoms with van der Waals surface area (Å²) in [6.07, 6.45) is 0. The lowest BCUT2D eigenvalue weighted by molar-refractivity contribution is -0.383. The van der Waals surface area contributed by atoms with Crippen molar-refractivity contribution in [2.75, 3.05) is 5.32 Å². The molecule has 0 bridgehead atoms. The number of aryl methyl sites for hydroxylation is 2. The van der Waals surface area contributed by atoms with E-state index in [0.29, 0.717) is 16.6 Å². The smallest absolute Gasteiger partial charge is 0.316 e. The molecule has 0 saturated heterocycles. The number of carbonyl (C=O) groups excluding carboxylic acids is 1. The minimum Gasteiger partial charge on any atom is -0.316 e. The summed E-state index contributed by atoms with van der Waals surface area (Å²) in [6.45, 7) is 0. The molecule has 0 fully saturated rings. The number of carbonyl (C=O) groups is 1. The second-order valence-corrected chi connectivity index (χ2v) is 5.34. The number of rotatable bonds is 3. The van der Waals surface area contributed by atoms with Gasteiger partial charge in [-0.1, -0.05) is 18.2 Å². The predicted octanol–water partition coefficient (Wildman–Crippen LogP) is 2.04. The average Bonchev–Trinajstić information content (AvgIpc) is 2.79. The second kappa shape index (κ2) is 5.65. The summed E-state index contributed by atoms with van der Waals surface area (Å²) < 4.78 is 2.70. The minimum atomic E-state index is -0.586. The van der Waals surface area contributed by atoms with Crippen molar-refractivity contribution in [2.45, 2.75) is 0 Å². The Hall–Kier alpha value is -3.42. The lowest BCUT2D eigenvalue weighted by Gasteiger charge is -2.07. The molecule has 1 aromatic heterocycles. The van der Waals surface area contributed by atoms with Crippen molar-refractivity contribution in [3.8, 4) is 0 Å². The molecule has 1 amide bonds. The van der Waals surface area contributed by atoms with Crippen LogP contribution in [0.5, 0.6) is 0 Å². The van der Waals surface area contributed by atoms with Crippen LogP contribution >= 0.6 is 0 Å². The quantitative estimate of drug-likeness (QED) is 0.588. The molecule has 0 aliphatic rings. The maximum atomic E-state index is 12.3. The van der Waals surface area contributed by atoms with E-state index in [0.717, 1.165) is 0 Å². The highest BCUT2D eigenvalue weighted by Crippen LogP contribution is 2.30. The van der Waals surface area contributed by atoms with Crippen molar-refractivity contribution in [2.24, 2.45) is 14.1 Å². The highest BCUT2D eigenvalue weighted by Gasteiger charge is 2.21. The van der Waals surface area contributed by atoms with Gasteiger partial charge in [-0.15, -0.1) is 0 Å². The molecule has 0 aliphatic carbocycles. The number of nitro benzene ring substituents is 1. The highest BCUT2D eigenvalue weighted by atomic mass is 16.6. The lowest BCUT2D eigenvalue weighted by Crippen LogP contribution is -2.19. The molecular weight excluding hydrogens is 312 g/mol. The van der Waals surface area contributed by atoms with Gasteiger partial charge in [0.05, 0.1) is 16.0 Å². The van der Waals surface area contributed by atoms with E-state index in [9.17, 15) is 19.7 Å². The van der Waals surface area contributed by atoms with Crippen LogP contribution in [0.2, 0.25) is 0 Å². The van der Waals surface area contributed by atoms with Gasteiger partial charge in [-0.2, -0.15) is 0 Å². The second-order valence-electron chi connectivity index (χ2n) is 5.34. The first-order valence-electron chi connectivity index (χ1n) is 7.10. The summed E-state index contributed by atoms with van der Waals surface area (Å²) >= 11 is 0. The number of nitro groups is 1. The SMILES string of the molecule is Cn1c(=O)n(C)c2cc([N+](=O)[O-])c(NC(=O)c3ccccc3)cc21. The zero-order valence-corrected chi connectivity index (χ0v) is 13.0. The van der Waals surface area contributed by atoms with E-state index in [1.807, 2.05) is 0 Å². The number of imidazole rings is 1. The van der Waals surface area contributed by atoms with Crippen molar-refractivity contribution < 1.29 is 9.72 Å². The van der Waals surface area contributed by atoms with Gasteiger partial charge in [0.2, 0.25) is 0 Å². The number of anilines is 1. The van der Waals surface area contributed by atoms with E-state index in [-0.39, 0.29) is 17.1 Å². The molecule has 24 heavy (non-hydrogen) atoms. The van der Waals surface area contributed by atoms with E-state index >= 15 is 0 Å². The Kier molecular flexibility index (Phi) is 3.64. The molecule has 1 N–H and O–H groups in total. The standard InChI is InChI=1S/C16H14N4O4/c1-18-13-8-11(17-15(21)10-6-4-3-5-7-10)12(20(23)24)9-14(13)19(2)16(18)22/h3-9H,1-2H3,(H,17,21). The predicted molar refractivity (Wildman–Crippen MR) is 89.2 cm³/mol. The summed E-state index contributed by atoms with van der Waals surface area (Å²) in [4.78, 5) is 35.0. The summed E-state index contributed by atoms with van der Waals surface area (Å²) in [5, 5.41) is 13.9. The van der Waals surface area contributed by atoms with Gasteiger partial charge in [0.15, 0.2) is 0 Å². The number of nitrogens with zero attached hydrogens (tertiary/aromatic N) is 3. The van der Waals surface area contributed by atoms with Crippen LogP contribution in [0.25, 0.3) is 11.0 Å². The van der Waals surface area contributed by atoms with Crippen molar-refractivity contribution in [1.82, 2.24) is 9.13 Å². The number of nitrogens with one attached hydrogen (secondary N) is 1. The summed E-state index contributed by atoms with van der Waals surface area (Å²) in [7, 11) is 3.11. The summed E-state index contributed by atoms with van der Waals surface area (Å²) in [5.74, 6) is -0.459. The van der Waals surface area contributed by atoms with Crippen LogP contribution in [0.4, 0.5) is 11.4 Å². The monoisotopic (exact) mass is 326 g/mol. The van der Waals surface area contributed by atoms with Gasteiger partial charge in [0, 0.05) is 25.7 Å². The van der Waals surface area contributed by atoms with Crippen LogP contribution < -0.4 is 11.0 Å². The van der Waals surface area contributed by atoms with Gasteiger partial charge in [0.25, 0.3) is 11.6 Å². The van der Waals surface area contributed by atoms with Gasteiger partial charge in [0.1, 0.15) is 5.69 Å². The van der Waals surface area contributed by atoms with Gasteiger partial charge >= 0.3 is 5.69 Å². The number of fused-ring (bicyclic) bond motifs is 1. The Morgan fingerprint density at radius 3 is 2.25 bits per heavy atom. The molecule has 2 aromatic carbocycles. The lowest BCUT2D eigenvalue weighted by atomic mass is 10.2. The molecule has 122 valence electrons. The molecule has 0 radical (unpaired) electrons. The van der Waals surface area contributed by atoms with E-state index < -0.39 is 10.8 Å². The van der Waals surface area contributed by atoms with Crippen molar-refractivity contribution in [3.63, 3.8) is 0 Å². The number of benzene rings is 2. The molecule has 0 saturated carbocycles. The first-order chi connectivity index (χ1) is 11.4. The fourth-order valence-electron chi connectivity index (χ4n) is 2.57. The Labute approximate surface area is 136 Å². The maximum Gasteiger partial charge on any atom is 0.328 e. The van der Waals surface area contributed by atoms with Crippen molar-refractivity contribution in [1.29, 1.82) is 0 Å². The van der Waals surface area contributed by atoms with E-state index in [4.69, 9.17) is 0 Å². The van der Waals surface area contributed by atoms with Crippen LogP contribution in [0, 0.1) is 10.1 Å². The third kappa shape index (κ3) is 2.43. The third-order valence-corrected chi connectivity index (χ3v) is 3.87. The fourth-order valence-corrected chi connectivity index (χ4v) is 2.57. The fraction of sp³-hybridized carbons (Fsp3) is 0.125. The topological polar surface area (TPSA) is 99.2 Å².